The van der Waals surface area contributed by atoms with Crippen LogP contribution in [0.1, 0.15) is 59.3 Å². The number of hydrogen-bond donors (Lipinski definition) is 1. The van der Waals surface area contributed by atoms with E-state index in [1.165, 1.54) is 38.5 Å². The Bertz CT molecular complexity index is 164. The molecule has 2 unspecified atom stereocenters. The van der Waals surface area contributed by atoms with E-state index in [9.17, 15) is 0 Å². The molecule has 0 bridgehead atoms. The van der Waals surface area contributed by atoms with Gasteiger partial charge in [0.05, 0.1) is 6.10 Å². The normalized spacial score (nSPS) is 22.9. The summed E-state index contributed by atoms with van der Waals surface area (Å²) in [6, 6.07) is 0.698. The van der Waals surface area contributed by atoms with Crippen molar-refractivity contribution in [1.82, 2.24) is 5.32 Å². The second-order valence-corrected chi connectivity index (χ2v) is 5.49. The molecule has 0 saturated carbocycles. The van der Waals surface area contributed by atoms with Crippen LogP contribution in [0.25, 0.3) is 0 Å². The molecule has 2 heteroatoms. The highest BCUT2D eigenvalue weighted by Gasteiger charge is 2.18. The van der Waals surface area contributed by atoms with Gasteiger partial charge in [0.1, 0.15) is 0 Å². The molecule has 0 aromatic carbocycles. The minimum absolute atomic E-state index is 0.554. The lowest BCUT2D eigenvalue weighted by Crippen LogP contribution is -2.32. The molecule has 16 heavy (non-hydrogen) atoms. The summed E-state index contributed by atoms with van der Waals surface area (Å²) in [5.74, 6) is 0.791. The van der Waals surface area contributed by atoms with Crippen molar-refractivity contribution in [2.75, 3.05) is 13.2 Å². The predicted molar refractivity (Wildman–Crippen MR) is 69.7 cm³/mol. The predicted octanol–water partition coefficient (Wildman–Crippen LogP) is 3.36. The van der Waals surface area contributed by atoms with E-state index in [0.29, 0.717) is 12.1 Å². The Balaban J connectivity index is 2.19. The molecule has 1 saturated heterocycles. The highest BCUT2D eigenvalue weighted by molar-refractivity contribution is 4.73. The Kier molecular flexibility index (Phi) is 7.06. The van der Waals surface area contributed by atoms with Gasteiger partial charge in [0, 0.05) is 12.6 Å². The van der Waals surface area contributed by atoms with Crippen LogP contribution in [0.3, 0.4) is 0 Å². The summed E-state index contributed by atoms with van der Waals surface area (Å²) < 4.78 is 5.69. The van der Waals surface area contributed by atoms with E-state index in [4.69, 9.17) is 4.74 Å². The Morgan fingerprint density at radius 1 is 1.38 bits per heavy atom. The highest BCUT2D eigenvalue weighted by Crippen LogP contribution is 2.19. The zero-order valence-electron chi connectivity index (χ0n) is 11.3. The van der Waals surface area contributed by atoms with Gasteiger partial charge in [-0.15, -0.1) is 0 Å². The Labute approximate surface area is 101 Å². The number of ether oxygens (including phenoxy) is 1. The van der Waals surface area contributed by atoms with Gasteiger partial charge in [-0.1, -0.05) is 20.8 Å². The number of rotatable bonds is 8. The van der Waals surface area contributed by atoms with Gasteiger partial charge >= 0.3 is 0 Å². The minimum Gasteiger partial charge on any atom is -0.378 e. The maximum atomic E-state index is 5.69. The third kappa shape index (κ3) is 5.86. The van der Waals surface area contributed by atoms with Crippen LogP contribution in [-0.2, 0) is 4.74 Å². The second-order valence-electron chi connectivity index (χ2n) is 5.49. The lowest BCUT2D eigenvalue weighted by molar-refractivity contribution is 0.0988. The average molecular weight is 227 g/mol. The lowest BCUT2D eigenvalue weighted by atomic mass is 9.97. The largest absolute Gasteiger partial charge is 0.378 e. The van der Waals surface area contributed by atoms with E-state index >= 15 is 0 Å². The SMILES string of the molecule is CCCNC(CCC1CCCO1)CC(C)C. The fourth-order valence-electron chi connectivity index (χ4n) is 2.48. The monoisotopic (exact) mass is 227 g/mol. The minimum atomic E-state index is 0.554. The first-order chi connectivity index (χ1) is 7.72. The van der Waals surface area contributed by atoms with Gasteiger partial charge in [0.15, 0.2) is 0 Å². The summed E-state index contributed by atoms with van der Waals surface area (Å²) in [7, 11) is 0. The molecular formula is C14H29NO. The summed E-state index contributed by atoms with van der Waals surface area (Å²) in [5, 5.41) is 3.67. The van der Waals surface area contributed by atoms with Crippen LogP contribution >= 0.6 is 0 Å². The van der Waals surface area contributed by atoms with Gasteiger partial charge in [-0.2, -0.15) is 0 Å². The standard InChI is InChI=1S/C14H29NO/c1-4-9-15-13(11-12(2)3)7-8-14-6-5-10-16-14/h12-15H,4-11H2,1-3H3. The summed E-state index contributed by atoms with van der Waals surface area (Å²) in [4.78, 5) is 0. The highest BCUT2D eigenvalue weighted by atomic mass is 16.5. The first-order valence-electron chi connectivity index (χ1n) is 7.07. The third-order valence-electron chi connectivity index (χ3n) is 3.30. The van der Waals surface area contributed by atoms with Crippen molar-refractivity contribution in [1.29, 1.82) is 0 Å². The number of hydrogen-bond acceptors (Lipinski definition) is 2. The average Bonchev–Trinajstić information content (AvgIpc) is 2.74. The van der Waals surface area contributed by atoms with Gasteiger partial charge in [-0.25, -0.2) is 0 Å². The molecule has 0 aromatic rings. The summed E-state index contributed by atoms with van der Waals surface area (Å²) >= 11 is 0. The molecular weight excluding hydrogens is 198 g/mol. The van der Waals surface area contributed by atoms with E-state index in [2.05, 4.69) is 26.1 Å². The van der Waals surface area contributed by atoms with E-state index in [1.807, 2.05) is 0 Å². The molecule has 1 aliphatic rings. The van der Waals surface area contributed by atoms with Crippen molar-refractivity contribution < 1.29 is 4.74 Å². The summed E-state index contributed by atoms with van der Waals surface area (Å²) in [6.07, 6.45) is 8.15. The lowest BCUT2D eigenvalue weighted by Gasteiger charge is -2.21. The quantitative estimate of drug-likeness (QED) is 0.686. The molecule has 1 rings (SSSR count). The molecule has 2 atom stereocenters. The first-order valence-corrected chi connectivity index (χ1v) is 7.07. The Morgan fingerprint density at radius 2 is 2.19 bits per heavy atom. The van der Waals surface area contributed by atoms with E-state index in [-0.39, 0.29) is 0 Å². The van der Waals surface area contributed by atoms with Crippen molar-refractivity contribution in [3.8, 4) is 0 Å². The Morgan fingerprint density at radius 3 is 2.75 bits per heavy atom. The maximum absolute atomic E-state index is 5.69. The van der Waals surface area contributed by atoms with Crippen LogP contribution in [0.2, 0.25) is 0 Å². The molecule has 0 amide bonds. The van der Waals surface area contributed by atoms with Crippen LogP contribution in [-0.4, -0.2) is 25.3 Å². The van der Waals surface area contributed by atoms with Crippen LogP contribution in [0, 0.1) is 5.92 Å². The molecule has 1 N–H and O–H groups in total. The van der Waals surface area contributed by atoms with Gasteiger partial charge < -0.3 is 10.1 Å². The second kappa shape index (κ2) is 8.08. The topological polar surface area (TPSA) is 21.3 Å². The van der Waals surface area contributed by atoms with Crippen LogP contribution < -0.4 is 5.32 Å². The molecule has 2 nitrogen and oxygen atoms in total. The van der Waals surface area contributed by atoms with Gasteiger partial charge in [-0.3, -0.25) is 0 Å². The zero-order valence-corrected chi connectivity index (χ0v) is 11.3. The molecule has 1 heterocycles. The molecule has 96 valence electrons. The summed E-state index contributed by atoms with van der Waals surface area (Å²) in [5.41, 5.74) is 0. The number of nitrogens with one attached hydrogen (secondary N) is 1. The van der Waals surface area contributed by atoms with E-state index < -0.39 is 0 Å². The van der Waals surface area contributed by atoms with Gasteiger partial charge in [0.25, 0.3) is 0 Å². The van der Waals surface area contributed by atoms with Crippen LogP contribution in [0.15, 0.2) is 0 Å². The van der Waals surface area contributed by atoms with E-state index in [0.717, 1.165) is 19.1 Å². The molecule has 0 aliphatic carbocycles. The first kappa shape index (κ1) is 14.0. The summed E-state index contributed by atoms with van der Waals surface area (Å²) in [6.45, 7) is 9.00. The van der Waals surface area contributed by atoms with Crippen molar-refractivity contribution in [2.45, 2.75) is 71.4 Å². The van der Waals surface area contributed by atoms with Crippen molar-refractivity contribution >= 4 is 0 Å². The van der Waals surface area contributed by atoms with Crippen LogP contribution in [0.4, 0.5) is 0 Å². The fourth-order valence-corrected chi connectivity index (χ4v) is 2.48. The molecule has 0 radical (unpaired) electrons. The third-order valence-corrected chi connectivity index (χ3v) is 3.30. The molecule has 0 spiro atoms. The zero-order chi connectivity index (χ0) is 11.8. The van der Waals surface area contributed by atoms with Crippen molar-refractivity contribution in [3.05, 3.63) is 0 Å². The van der Waals surface area contributed by atoms with Crippen molar-refractivity contribution in [2.24, 2.45) is 5.92 Å². The van der Waals surface area contributed by atoms with E-state index in [1.54, 1.807) is 0 Å². The maximum Gasteiger partial charge on any atom is 0.0576 e. The Hall–Kier alpha value is -0.0800. The fraction of sp³-hybridized carbons (Fsp3) is 1.00. The van der Waals surface area contributed by atoms with Crippen LogP contribution in [0.5, 0.6) is 0 Å². The van der Waals surface area contributed by atoms with Gasteiger partial charge in [0.2, 0.25) is 0 Å². The van der Waals surface area contributed by atoms with Gasteiger partial charge in [-0.05, 0) is 51.0 Å². The van der Waals surface area contributed by atoms with Crippen molar-refractivity contribution in [3.63, 3.8) is 0 Å². The molecule has 0 aromatic heterocycles. The molecule has 1 aliphatic heterocycles. The smallest absolute Gasteiger partial charge is 0.0576 e. The molecule has 1 fully saturated rings.